The fourth-order valence-corrected chi connectivity index (χ4v) is 5.75. The number of hydrogen-bond acceptors (Lipinski definition) is 2. The highest BCUT2D eigenvalue weighted by atomic mass is 14.9. The van der Waals surface area contributed by atoms with E-state index in [0.717, 1.165) is 0 Å². The number of unbranched alkanes of at least 4 members (excludes halogenated alkanes) is 25. The third kappa shape index (κ3) is 39.4. The first kappa shape index (κ1) is 41.4. The molecule has 0 aliphatic rings. The van der Waals surface area contributed by atoms with Gasteiger partial charge in [-0.05, 0) is 103 Å². The third-order valence-electron chi connectivity index (χ3n) is 8.69. The molecule has 0 rings (SSSR count). The van der Waals surface area contributed by atoms with Gasteiger partial charge in [-0.25, -0.2) is 0 Å². The van der Waals surface area contributed by atoms with Crippen molar-refractivity contribution in [3.05, 3.63) is 24.3 Å². The fourth-order valence-electron chi connectivity index (χ4n) is 5.75. The Labute approximate surface area is 267 Å². The van der Waals surface area contributed by atoms with E-state index in [0.29, 0.717) is 0 Å². The second-order valence-electron chi connectivity index (χ2n) is 13.1. The molecule has 2 nitrogen and oxygen atoms in total. The highest BCUT2D eigenvalue weighted by Crippen LogP contribution is 2.11. The van der Waals surface area contributed by atoms with Crippen LogP contribution in [-0.2, 0) is 0 Å². The Kier molecular flexibility index (Phi) is 39.8. The van der Waals surface area contributed by atoms with E-state index in [9.17, 15) is 0 Å². The average molecular weight is 589 g/mol. The van der Waals surface area contributed by atoms with E-state index in [-0.39, 0.29) is 0 Å². The summed E-state index contributed by atoms with van der Waals surface area (Å²) in [5.41, 5.74) is 0. The lowest BCUT2D eigenvalue weighted by molar-refractivity contribution is 0.534. The van der Waals surface area contributed by atoms with Crippen LogP contribution in [0.1, 0.15) is 206 Å². The SMILES string of the molecule is CCCCCCCC/C=C/CCCCCCCCNCCCCNCCCCCCCC/C=C/CCCCCCCC. The zero-order chi connectivity index (χ0) is 30.3. The van der Waals surface area contributed by atoms with Crippen molar-refractivity contribution < 1.29 is 0 Å². The first-order valence-electron chi connectivity index (χ1n) is 19.6. The minimum absolute atomic E-state index is 1.20. The maximum Gasteiger partial charge on any atom is -0.00484 e. The van der Waals surface area contributed by atoms with Gasteiger partial charge in [0.25, 0.3) is 0 Å². The van der Waals surface area contributed by atoms with Gasteiger partial charge in [0.2, 0.25) is 0 Å². The molecule has 0 radical (unpaired) electrons. The van der Waals surface area contributed by atoms with Crippen molar-refractivity contribution in [3.8, 4) is 0 Å². The third-order valence-corrected chi connectivity index (χ3v) is 8.69. The van der Waals surface area contributed by atoms with Gasteiger partial charge in [-0.1, -0.05) is 154 Å². The van der Waals surface area contributed by atoms with Gasteiger partial charge in [0.1, 0.15) is 0 Å². The molecule has 0 amide bonds. The van der Waals surface area contributed by atoms with Crippen LogP contribution >= 0.6 is 0 Å². The smallest absolute Gasteiger partial charge is 0.00484 e. The van der Waals surface area contributed by atoms with E-state index in [1.54, 1.807) is 0 Å². The summed E-state index contributed by atoms with van der Waals surface area (Å²) in [6, 6.07) is 0. The van der Waals surface area contributed by atoms with Crippen LogP contribution in [0.5, 0.6) is 0 Å². The lowest BCUT2D eigenvalue weighted by Crippen LogP contribution is -2.20. The normalized spacial score (nSPS) is 12.0. The maximum absolute atomic E-state index is 3.65. The second-order valence-corrected chi connectivity index (χ2v) is 13.1. The molecule has 0 saturated carbocycles. The van der Waals surface area contributed by atoms with Crippen molar-refractivity contribution in [1.29, 1.82) is 0 Å². The molecule has 0 saturated heterocycles. The van der Waals surface area contributed by atoms with E-state index in [2.05, 4.69) is 48.8 Å². The second kappa shape index (κ2) is 40.4. The summed E-state index contributed by atoms with van der Waals surface area (Å²) in [4.78, 5) is 0. The van der Waals surface area contributed by atoms with Gasteiger partial charge in [-0.3, -0.25) is 0 Å². The molecule has 0 aliphatic heterocycles. The molecule has 0 fully saturated rings. The quantitative estimate of drug-likeness (QED) is 0.0557. The minimum Gasteiger partial charge on any atom is -0.317 e. The monoisotopic (exact) mass is 589 g/mol. The predicted octanol–water partition coefficient (Wildman–Crippen LogP) is 13.0. The van der Waals surface area contributed by atoms with Crippen molar-refractivity contribution in [2.75, 3.05) is 26.2 Å². The van der Waals surface area contributed by atoms with E-state index in [1.807, 2.05) is 0 Å². The largest absolute Gasteiger partial charge is 0.317 e. The molecular formula is C40H80N2. The van der Waals surface area contributed by atoms with Crippen LogP contribution in [0.3, 0.4) is 0 Å². The number of rotatable bonds is 37. The molecule has 0 heterocycles. The Morgan fingerprint density at radius 1 is 0.262 bits per heavy atom. The van der Waals surface area contributed by atoms with Crippen LogP contribution in [0.2, 0.25) is 0 Å². The number of hydrogen-bond donors (Lipinski definition) is 2. The van der Waals surface area contributed by atoms with E-state index in [4.69, 9.17) is 0 Å². The Hall–Kier alpha value is -0.600. The van der Waals surface area contributed by atoms with Gasteiger partial charge in [0.05, 0.1) is 0 Å². The van der Waals surface area contributed by atoms with Crippen LogP contribution in [0.25, 0.3) is 0 Å². The molecule has 2 N–H and O–H groups in total. The van der Waals surface area contributed by atoms with Gasteiger partial charge >= 0.3 is 0 Å². The lowest BCUT2D eigenvalue weighted by Gasteiger charge is -2.06. The highest BCUT2D eigenvalue weighted by Gasteiger charge is 1.95. The Balaban J connectivity index is 3.09. The van der Waals surface area contributed by atoms with Gasteiger partial charge in [-0.15, -0.1) is 0 Å². The van der Waals surface area contributed by atoms with Crippen molar-refractivity contribution in [2.24, 2.45) is 0 Å². The zero-order valence-electron chi connectivity index (χ0n) is 29.4. The van der Waals surface area contributed by atoms with Crippen molar-refractivity contribution >= 4 is 0 Å². The molecule has 0 spiro atoms. The minimum atomic E-state index is 1.20. The summed E-state index contributed by atoms with van der Waals surface area (Å²) in [5, 5.41) is 7.31. The summed E-state index contributed by atoms with van der Waals surface area (Å²) >= 11 is 0. The van der Waals surface area contributed by atoms with Crippen molar-refractivity contribution in [3.63, 3.8) is 0 Å². The van der Waals surface area contributed by atoms with Crippen molar-refractivity contribution in [2.45, 2.75) is 206 Å². The van der Waals surface area contributed by atoms with Gasteiger partial charge < -0.3 is 10.6 Å². The average Bonchev–Trinajstić information content (AvgIpc) is 3.00. The van der Waals surface area contributed by atoms with Gasteiger partial charge in [0, 0.05) is 0 Å². The zero-order valence-corrected chi connectivity index (χ0v) is 29.4. The van der Waals surface area contributed by atoms with Gasteiger partial charge in [0.15, 0.2) is 0 Å². The molecule has 42 heavy (non-hydrogen) atoms. The van der Waals surface area contributed by atoms with Gasteiger partial charge in [-0.2, -0.15) is 0 Å². The summed E-state index contributed by atoms with van der Waals surface area (Å²) in [6.45, 7) is 9.40. The number of allylic oxidation sites excluding steroid dienone is 4. The molecule has 0 aromatic carbocycles. The predicted molar refractivity (Wildman–Crippen MR) is 194 cm³/mol. The first-order valence-corrected chi connectivity index (χ1v) is 19.6. The van der Waals surface area contributed by atoms with Crippen LogP contribution in [0.15, 0.2) is 24.3 Å². The highest BCUT2D eigenvalue weighted by molar-refractivity contribution is 4.82. The first-order chi connectivity index (χ1) is 20.9. The molecule has 0 aliphatic carbocycles. The van der Waals surface area contributed by atoms with Crippen LogP contribution in [-0.4, -0.2) is 26.2 Å². The van der Waals surface area contributed by atoms with Crippen LogP contribution < -0.4 is 10.6 Å². The number of nitrogens with one attached hydrogen (secondary N) is 2. The summed E-state index contributed by atoms with van der Waals surface area (Å²) in [5.74, 6) is 0. The molecular weight excluding hydrogens is 508 g/mol. The lowest BCUT2D eigenvalue weighted by atomic mass is 10.1. The molecule has 0 atom stereocenters. The summed E-state index contributed by atoms with van der Waals surface area (Å²) < 4.78 is 0. The maximum atomic E-state index is 3.65. The molecule has 0 bridgehead atoms. The summed E-state index contributed by atoms with van der Waals surface area (Å²) in [6.07, 6.45) is 51.3. The van der Waals surface area contributed by atoms with E-state index >= 15 is 0 Å². The molecule has 0 aromatic heterocycles. The molecule has 250 valence electrons. The molecule has 2 heteroatoms. The Morgan fingerprint density at radius 3 is 0.762 bits per heavy atom. The van der Waals surface area contributed by atoms with Crippen LogP contribution in [0, 0.1) is 0 Å². The van der Waals surface area contributed by atoms with Crippen LogP contribution in [0.4, 0.5) is 0 Å². The van der Waals surface area contributed by atoms with E-state index < -0.39 is 0 Å². The molecule has 0 aromatic rings. The standard InChI is InChI=1S/C40H80N2/c1-3-5-7-9-11-13-15-17-19-21-23-25-27-29-31-33-37-41-39-35-36-40-42-38-34-32-30-28-26-24-22-20-18-16-14-12-10-8-6-4-2/h17-20,41-42H,3-16,21-40H2,1-2H3/b19-17+,20-18+. The fraction of sp³-hybridized carbons (Fsp3) is 0.900. The topological polar surface area (TPSA) is 24.1 Å². The van der Waals surface area contributed by atoms with E-state index in [1.165, 1.54) is 219 Å². The van der Waals surface area contributed by atoms with Crippen molar-refractivity contribution in [1.82, 2.24) is 10.6 Å². The Morgan fingerprint density at radius 2 is 0.476 bits per heavy atom. The summed E-state index contributed by atoms with van der Waals surface area (Å²) in [7, 11) is 0. The molecule has 0 unspecified atom stereocenters. The Bertz CT molecular complexity index is 466.